The molecular weight excluding hydrogens is 437 g/mol. The van der Waals surface area contributed by atoms with Crippen LogP contribution in [0.4, 0.5) is 4.39 Å². The van der Waals surface area contributed by atoms with Crippen LogP contribution in [-0.2, 0) is 14.8 Å². The van der Waals surface area contributed by atoms with E-state index in [0.717, 1.165) is 0 Å². The van der Waals surface area contributed by atoms with E-state index in [-0.39, 0.29) is 31.1 Å². The zero-order chi connectivity index (χ0) is 22.9. The van der Waals surface area contributed by atoms with Gasteiger partial charge in [-0.1, -0.05) is 0 Å². The predicted octanol–water partition coefficient (Wildman–Crippen LogP) is 2.84. The largest absolute Gasteiger partial charge is 0.494 e. The molecule has 1 unspecified atom stereocenters. The highest BCUT2D eigenvalue weighted by Crippen LogP contribution is 2.31. The molecule has 32 heavy (non-hydrogen) atoms. The predicted molar refractivity (Wildman–Crippen MR) is 117 cm³/mol. The van der Waals surface area contributed by atoms with Crippen LogP contribution in [0.2, 0.25) is 0 Å². The van der Waals surface area contributed by atoms with Gasteiger partial charge in [-0.15, -0.1) is 0 Å². The van der Waals surface area contributed by atoms with E-state index in [2.05, 4.69) is 4.98 Å². The van der Waals surface area contributed by atoms with Crippen molar-refractivity contribution in [2.75, 3.05) is 32.8 Å². The first-order chi connectivity index (χ1) is 15.3. The molecule has 1 saturated heterocycles. The smallest absolute Gasteiger partial charge is 0.325 e. The highest BCUT2D eigenvalue weighted by atomic mass is 32.2. The minimum atomic E-state index is -3.70. The molecule has 1 aromatic heterocycles. The lowest BCUT2D eigenvalue weighted by molar-refractivity contribution is -0.144. The number of aromatic nitrogens is 1. The number of nitrogens with zero attached hydrogens (tertiary/aromatic N) is 2. The molecule has 1 aliphatic rings. The molecule has 0 bridgehead atoms. The number of H-pyrrole nitrogens is 1. The summed E-state index contributed by atoms with van der Waals surface area (Å²) in [5, 5.41) is 10.5. The monoisotopic (exact) mass is 461 g/mol. The summed E-state index contributed by atoms with van der Waals surface area (Å²) in [5.74, 6) is -0.858. The molecule has 0 spiro atoms. The lowest BCUT2D eigenvalue weighted by Gasteiger charge is -2.37. The number of ether oxygens (including phenoxy) is 1. The molecule has 2 heterocycles. The minimum Gasteiger partial charge on any atom is -0.494 e. The van der Waals surface area contributed by atoms with Gasteiger partial charge < -0.3 is 14.8 Å². The quantitative estimate of drug-likeness (QED) is 0.561. The maximum absolute atomic E-state index is 13.5. The van der Waals surface area contributed by atoms with Crippen LogP contribution >= 0.6 is 0 Å². The Kier molecular flexibility index (Phi) is 6.18. The van der Waals surface area contributed by atoms with Gasteiger partial charge in [0.05, 0.1) is 11.5 Å². The maximum atomic E-state index is 13.5. The summed E-state index contributed by atoms with van der Waals surface area (Å²) in [6.45, 7) is 3.17. The SMILES string of the molecule is CCOc1ccc(S(=O)(=O)N2CCN(C(C(=O)O)c3c[nH]c4cc(F)ccc34)CC2)cc1. The average Bonchev–Trinajstić information content (AvgIpc) is 3.17. The van der Waals surface area contributed by atoms with Gasteiger partial charge >= 0.3 is 5.97 Å². The third kappa shape index (κ3) is 4.21. The number of piperazine rings is 1. The fourth-order valence-electron chi connectivity index (χ4n) is 4.06. The van der Waals surface area contributed by atoms with Gasteiger partial charge in [0, 0.05) is 48.8 Å². The second-order valence-electron chi connectivity index (χ2n) is 7.52. The summed E-state index contributed by atoms with van der Waals surface area (Å²) < 4.78 is 46.2. The fraction of sp³-hybridized carbons (Fsp3) is 0.318. The van der Waals surface area contributed by atoms with Crippen LogP contribution in [0.5, 0.6) is 5.75 Å². The van der Waals surface area contributed by atoms with E-state index in [4.69, 9.17) is 4.74 Å². The van der Waals surface area contributed by atoms with Gasteiger partial charge in [0.25, 0.3) is 0 Å². The molecule has 1 fully saturated rings. The molecule has 0 saturated carbocycles. The van der Waals surface area contributed by atoms with Crippen molar-refractivity contribution < 1.29 is 27.4 Å². The first kappa shape index (κ1) is 22.3. The van der Waals surface area contributed by atoms with E-state index >= 15 is 0 Å². The van der Waals surface area contributed by atoms with Crippen molar-refractivity contribution in [1.82, 2.24) is 14.2 Å². The molecule has 0 aliphatic carbocycles. The van der Waals surface area contributed by atoms with Gasteiger partial charge in [0.1, 0.15) is 17.6 Å². The van der Waals surface area contributed by atoms with Crippen LogP contribution in [0.15, 0.2) is 53.6 Å². The van der Waals surface area contributed by atoms with E-state index in [1.165, 1.54) is 28.6 Å². The van der Waals surface area contributed by atoms with Crippen LogP contribution in [0, 0.1) is 5.82 Å². The van der Waals surface area contributed by atoms with Gasteiger partial charge in [-0.2, -0.15) is 4.31 Å². The first-order valence-electron chi connectivity index (χ1n) is 10.3. The van der Waals surface area contributed by atoms with Crippen molar-refractivity contribution in [3.63, 3.8) is 0 Å². The van der Waals surface area contributed by atoms with Crippen molar-refractivity contribution in [2.24, 2.45) is 0 Å². The van der Waals surface area contributed by atoms with E-state index < -0.39 is 27.9 Å². The molecule has 0 amide bonds. The number of carbonyl (C=O) groups is 1. The van der Waals surface area contributed by atoms with Crippen LogP contribution in [0.25, 0.3) is 10.9 Å². The van der Waals surface area contributed by atoms with E-state index in [1.54, 1.807) is 29.3 Å². The molecule has 2 aromatic carbocycles. The summed E-state index contributed by atoms with van der Waals surface area (Å²) in [4.78, 5) is 16.9. The lowest BCUT2D eigenvalue weighted by Crippen LogP contribution is -2.50. The Bertz CT molecular complexity index is 1220. The standard InChI is InChI=1S/C22H24FN3O5S/c1-2-31-16-4-6-17(7-5-16)32(29,30)26-11-9-25(10-12-26)21(22(27)28)19-14-24-20-13-15(23)3-8-18(19)20/h3-8,13-14,21,24H,2,9-12H2,1H3,(H,27,28). The first-order valence-corrected chi connectivity index (χ1v) is 11.7. The zero-order valence-electron chi connectivity index (χ0n) is 17.5. The number of sulfonamides is 1. The van der Waals surface area contributed by atoms with E-state index in [1.807, 2.05) is 6.92 Å². The van der Waals surface area contributed by atoms with Crippen LogP contribution in [-0.4, -0.2) is 66.5 Å². The Balaban J connectivity index is 1.51. The summed E-state index contributed by atoms with van der Waals surface area (Å²) in [6.07, 6.45) is 1.58. The van der Waals surface area contributed by atoms with Gasteiger partial charge in [-0.05, 0) is 49.4 Å². The number of nitrogens with one attached hydrogen (secondary N) is 1. The van der Waals surface area contributed by atoms with Crippen molar-refractivity contribution in [3.8, 4) is 5.75 Å². The lowest BCUT2D eigenvalue weighted by atomic mass is 10.0. The van der Waals surface area contributed by atoms with Gasteiger partial charge in [0.2, 0.25) is 10.0 Å². The van der Waals surface area contributed by atoms with Crippen LogP contribution < -0.4 is 4.74 Å². The minimum absolute atomic E-state index is 0.163. The number of aromatic amines is 1. The summed E-state index contributed by atoms with van der Waals surface area (Å²) in [5.41, 5.74) is 1.04. The Morgan fingerprint density at radius 1 is 1.16 bits per heavy atom. The number of rotatable bonds is 7. The molecule has 8 nitrogen and oxygen atoms in total. The molecule has 0 radical (unpaired) electrons. The molecule has 1 aliphatic heterocycles. The van der Waals surface area contributed by atoms with Gasteiger partial charge in [0.15, 0.2) is 0 Å². The molecule has 10 heteroatoms. The number of aliphatic carboxylic acids is 1. The summed E-state index contributed by atoms with van der Waals surface area (Å²) in [7, 11) is -3.70. The molecule has 4 rings (SSSR count). The highest BCUT2D eigenvalue weighted by Gasteiger charge is 2.35. The molecule has 2 N–H and O–H groups in total. The summed E-state index contributed by atoms with van der Waals surface area (Å²) in [6, 6.07) is 9.46. The maximum Gasteiger partial charge on any atom is 0.325 e. The fourth-order valence-corrected chi connectivity index (χ4v) is 5.48. The van der Waals surface area contributed by atoms with Crippen molar-refractivity contribution in [1.29, 1.82) is 0 Å². The van der Waals surface area contributed by atoms with Crippen LogP contribution in [0.3, 0.4) is 0 Å². The average molecular weight is 462 g/mol. The number of hydrogen-bond acceptors (Lipinski definition) is 5. The number of fused-ring (bicyclic) bond motifs is 1. The Morgan fingerprint density at radius 2 is 1.84 bits per heavy atom. The van der Waals surface area contributed by atoms with Gasteiger partial charge in [-0.25, -0.2) is 12.8 Å². The van der Waals surface area contributed by atoms with Crippen molar-refractivity contribution in [3.05, 3.63) is 60.0 Å². The van der Waals surface area contributed by atoms with Crippen LogP contribution in [0.1, 0.15) is 18.5 Å². The van der Waals surface area contributed by atoms with Crippen molar-refractivity contribution >= 4 is 26.9 Å². The third-order valence-electron chi connectivity index (χ3n) is 5.62. The second-order valence-corrected chi connectivity index (χ2v) is 9.46. The number of carboxylic acids is 1. The number of benzene rings is 2. The Hall–Kier alpha value is -2.95. The topological polar surface area (TPSA) is 103 Å². The normalized spacial score (nSPS) is 16.8. The van der Waals surface area contributed by atoms with Gasteiger partial charge in [-0.3, -0.25) is 9.69 Å². The number of halogens is 1. The number of carboxylic acid groups (broad SMARTS) is 1. The molecule has 170 valence electrons. The van der Waals surface area contributed by atoms with Crippen molar-refractivity contribution in [2.45, 2.75) is 17.9 Å². The third-order valence-corrected chi connectivity index (χ3v) is 7.53. The zero-order valence-corrected chi connectivity index (χ0v) is 18.3. The molecular formula is C22H24FN3O5S. The Morgan fingerprint density at radius 3 is 2.47 bits per heavy atom. The van der Waals surface area contributed by atoms with E-state index in [9.17, 15) is 22.7 Å². The molecule has 3 aromatic rings. The number of hydrogen-bond donors (Lipinski definition) is 2. The Labute approximate surface area is 185 Å². The highest BCUT2D eigenvalue weighted by molar-refractivity contribution is 7.89. The molecule has 1 atom stereocenters. The summed E-state index contributed by atoms with van der Waals surface area (Å²) >= 11 is 0. The second kappa shape index (κ2) is 8.89. The van der Waals surface area contributed by atoms with E-state index in [0.29, 0.717) is 28.8 Å².